The predicted molar refractivity (Wildman–Crippen MR) is 67.7 cm³/mol. The molecule has 0 radical (unpaired) electrons. The smallest absolute Gasteiger partial charge is 0.331 e. The molecule has 0 aliphatic heterocycles. The Balaban J connectivity index is 3.88. The van der Waals surface area contributed by atoms with Crippen molar-refractivity contribution in [2.24, 2.45) is 5.92 Å². The van der Waals surface area contributed by atoms with Crippen molar-refractivity contribution >= 4 is 17.7 Å². The van der Waals surface area contributed by atoms with Gasteiger partial charge in [0.1, 0.15) is 0 Å². The molecule has 2 atom stereocenters. The summed E-state index contributed by atoms with van der Waals surface area (Å²) in [7, 11) is 3.53. The minimum atomic E-state index is -0.800. The zero-order chi connectivity index (χ0) is 12.6. The second kappa shape index (κ2) is 8.84. The van der Waals surface area contributed by atoms with Gasteiger partial charge in [-0.15, -0.1) is 11.8 Å². The Morgan fingerprint density at radius 3 is 2.38 bits per heavy atom. The Labute approximate surface area is 102 Å². The number of aliphatic hydroxyl groups is 1. The summed E-state index contributed by atoms with van der Waals surface area (Å²) in [6.45, 7) is 2.30. The molecule has 0 aromatic rings. The first kappa shape index (κ1) is 15.7. The number of thioether (sulfide) groups is 1. The highest BCUT2D eigenvalue weighted by Crippen LogP contribution is 2.19. The minimum absolute atomic E-state index is 0.202. The van der Waals surface area contributed by atoms with Gasteiger partial charge in [0.15, 0.2) is 5.37 Å². The number of likely N-dealkylation sites (N-methyl/N-ethyl adjacent to an activating group) is 1. The fourth-order valence-electron chi connectivity index (χ4n) is 1.52. The van der Waals surface area contributed by atoms with Crippen LogP contribution in [0.25, 0.3) is 0 Å². The van der Waals surface area contributed by atoms with Crippen molar-refractivity contribution in [2.45, 2.75) is 31.6 Å². The highest BCUT2D eigenvalue weighted by molar-refractivity contribution is 8.00. The Morgan fingerprint density at radius 2 is 2.00 bits per heavy atom. The molecular weight excluding hydrogens is 226 g/mol. The van der Waals surface area contributed by atoms with Crippen LogP contribution in [0.5, 0.6) is 0 Å². The van der Waals surface area contributed by atoms with Crippen LogP contribution in [-0.2, 0) is 4.79 Å². The highest BCUT2D eigenvalue weighted by Gasteiger charge is 2.20. The van der Waals surface area contributed by atoms with Gasteiger partial charge in [0, 0.05) is 6.61 Å². The molecule has 5 heteroatoms. The number of aliphatic carboxylic acids is 1. The van der Waals surface area contributed by atoms with E-state index in [1.165, 1.54) is 11.8 Å². The predicted octanol–water partition coefficient (Wildman–Crippen LogP) is 1.49. The number of rotatable bonds is 9. The fourth-order valence-corrected chi connectivity index (χ4v) is 2.66. The number of carboxylic acid groups (broad SMARTS) is 1. The van der Waals surface area contributed by atoms with Gasteiger partial charge in [0.2, 0.25) is 0 Å². The van der Waals surface area contributed by atoms with E-state index in [0.717, 1.165) is 25.0 Å². The first-order chi connectivity index (χ1) is 7.52. The molecular formula is C11H23NO3S. The monoisotopic (exact) mass is 249 g/mol. The van der Waals surface area contributed by atoms with Crippen LogP contribution >= 0.6 is 11.8 Å². The van der Waals surface area contributed by atoms with Gasteiger partial charge in [-0.3, -0.25) is 4.90 Å². The summed E-state index contributed by atoms with van der Waals surface area (Å²) in [5, 5.41) is 17.6. The summed E-state index contributed by atoms with van der Waals surface area (Å²) in [6.07, 6.45) is 2.95. The van der Waals surface area contributed by atoms with Gasteiger partial charge in [-0.25, -0.2) is 4.79 Å². The summed E-state index contributed by atoms with van der Waals surface area (Å²) in [5.74, 6) is 0.292. The van der Waals surface area contributed by atoms with Crippen LogP contribution in [0.1, 0.15) is 26.2 Å². The summed E-state index contributed by atoms with van der Waals surface area (Å²) in [6, 6.07) is 0. The Kier molecular flexibility index (Phi) is 8.70. The lowest BCUT2D eigenvalue weighted by Crippen LogP contribution is -2.33. The number of hydrogen-bond donors (Lipinski definition) is 2. The van der Waals surface area contributed by atoms with Crippen molar-refractivity contribution < 1.29 is 15.0 Å². The largest absolute Gasteiger partial charge is 0.479 e. The summed E-state index contributed by atoms with van der Waals surface area (Å²) >= 11 is 1.42. The van der Waals surface area contributed by atoms with Crippen LogP contribution in [0, 0.1) is 5.92 Å². The zero-order valence-electron chi connectivity index (χ0n) is 10.3. The van der Waals surface area contributed by atoms with Crippen molar-refractivity contribution in [1.29, 1.82) is 0 Å². The van der Waals surface area contributed by atoms with Crippen LogP contribution < -0.4 is 0 Å². The second-order valence-corrected chi connectivity index (χ2v) is 5.34. The van der Waals surface area contributed by atoms with E-state index < -0.39 is 11.3 Å². The van der Waals surface area contributed by atoms with Crippen molar-refractivity contribution in [2.75, 3.05) is 26.5 Å². The molecule has 0 heterocycles. The lowest BCUT2D eigenvalue weighted by atomic mass is 10.0. The van der Waals surface area contributed by atoms with Crippen molar-refractivity contribution in [3.05, 3.63) is 0 Å². The number of carbonyl (C=O) groups is 1. The first-order valence-corrected chi connectivity index (χ1v) is 6.69. The second-order valence-electron chi connectivity index (χ2n) is 4.15. The van der Waals surface area contributed by atoms with Crippen LogP contribution in [-0.4, -0.2) is 52.9 Å². The Bertz CT molecular complexity index is 200. The van der Waals surface area contributed by atoms with Gasteiger partial charge in [-0.1, -0.05) is 13.3 Å². The SMILES string of the molecule is CCC[C@@H](CO)CCS[C@@H](C(=O)O)N(C)C. The lowest BCUT2D eigenvalue weighted by molar-refractivity contribution is -0.138. The molecule has 0 saturated carbocycles. The van der Waals surface area contributed by atoms with E-state index in [1.807, 2.05) is 0 Å². The molecule has 0 spiro atoms. The van der Waals surface area contributed by atoms with Crippen molar-refractivity contribution in [3.63, 3.8) is 0 Å². The summed E-state index contributed by atoms with van der Waals surface area (Å²) in [4.78, 5) is 12.6. The topological polar surface area (TPSA) is 60.8 Å². The minimum Gasteiger partial charge on any atom is -0.479 e. The molecule has 0 saturated heterocycles. The van der Waals surface area contributed by atoms with E-state index in [-0.39, 0.29) is 6.61 Å². The lowest BCUT2D eigenvalue weighted by Gasteiger charge is -2.20. The van der Waals surface area contributed by atoms with Crippen LogP contribution in [0.3, 0.4) is 0 Å². The number of hydrogen-bond acceptors (Lipinski definition) is 4. The molecule has 0 aromatic carbocycles. The standard InChI is InChI=1S/C11H23NO3S/c1-4-5-9(8-13)6-7-16-10(11(14)15)12(2)3/h9-10,13H,4-8H2,1-3H3,(H,14,15)/t9-,10+/m1/s1. The molecule has 0 amide bonds. The number of nitrogens with zero attached hydrogens (tertiary/aromatic N) is 1. The average Bonchev–Trinajstić information content (AvgIpc) is 2.21. The summed E-state index contributed by atoms with van der Waals surface area (Å²) in [5.41, 5.74) is 0. The van der Waals surface area contributed by atoms with E-state index >= 15 is 0 Å². The molecule has 0 rings (SSSR count). The maximum absolute atomic E-state index is 10.9. The molecule has 0 unspecified atom stereocenters. The van der Waals surface area contributed by atoms with Crippen molar-refractivity contribution in [1.82, 2.24) is 4.90 Å². The van der Waals surface area contributed by atoms with Gasteiger partial charge in [-0.05, 0) is 38.6 Å². The van der Waals surface area contributed by atoms with Crippen molar-refractivity contribution in [3.8, 4) is 0 Å². The van der Waals surface area contributed by atoms with Crippen LogP contribution in [0.15, 0.2) is 0 Å². The van der Waals surface area contributed by atoms with Gasteiger partial charge in [0.25, 0.3) is 0 Å². The van der Waals surface area contributed by atoms with Gasteiger partial charge < -0.3 is 10.2 Å². The average molecular weight is 249 g/mol. The van der Waals surface area contributed by atoms with Crippen LogP contribution in [0.4, 0.5) is 0 Å². The molecule has 96 valence electrons. The fraction of sp³-hybridized carbons (Fsp3) is 0.909. The van der Waals surface area contributed by atoms with E-state index in [1.54, 1.807) is 19.0 Å². The molecule has 0 aliphatic rings. The van der Waals surface area contributed by atoms with Crippen LogP contribution in [0.2, 0.25) is 0 Å². The highest BCUT2D eigenvalue weighted by atomic mass is 32.2. The molecule has 4 nitrogen and oxygen atoms in total. The Morgan fingerprint density at radius 1 is 1.38 bits per heavy atom. The molecule has 0 bridgehead atoms. The molecule has 2 N–H and O–H groups in total. The first-order valence-electron chi connectivity index (χ1n) is 5.64. The molecule has 16 heavy (non-hydrogen) atoms. The van der Waals surface area contributed by atoms with E-state index in [0.29, 0.717) is 5.92 Å². The Hall–Kier alpha value is -0.260. The van der Waals surface area contributed by atoms with Gasteiger partial charge in [0.05, 0.1) is 0 Å². The van der Waals surface area contributed by atoms with E-state index in [4.69, 9.17) is 10.2 Å². The summed E-state index contributed by atoms with van der Waals surface area (Å²) < 4.78 is 0. The van der Waals surface area contributed by atoms with Gasteiger partial charge in [-0.2, -0.15) is 0 Å². The molecule has 0 aromatic heterocycles. The number of carboxylic acids is 1. The zero-order valence-corrected chi connectivity index (χ0v) is 11.2. The molecule has 0 aliphatic carbocycles. The third-order valence-electron chi connectivity index (χ3n) is 2.44. The van der Waals surface area contributed by atoms with E-state index in [2.05, 4.69) is 6.92 Å². The third kappa shape index (κ3) is 6.35. The number of aliphatic hydroxyl groups excluding tert-OH is 1. The molecule has 0 fully saturated rings. The third-order valence-corrected chi connectivity index (χ3v) is 3.85. The maximum Gasteiger partial charge on any atom is 0.331 e. The van der Waals surface area contributed by atoms with Gasteiger partial charge >= 0.3 is 5.97 Å². The quantitative estimate of drug-likeness (QED) is 0.606. The van der Waals surface area contributed by atoms with E-state index in [9.17, 15) is 4.79 Å². The normalized spacial score (nSPS) is 15.1. The maximum atomic E-state index is 10.9.